The van der Waals surface area contributed by atoms with Crippen molar-refractivity contribution in [3.63, 3.8) is 0 Å². The van der Waals surface area contributed by atoms with Crippen molar-refractivity contribution in [3.05, 3.63) is 68.2 Å². The Morgan fingerprint density at radius 1 is 0.963 bits per heavy atom. The van der Waals surface area contributed by atoms with Gasteiger partial charge in [0.1, 0.15) is 5.56 Å². The monoisotopic (exact) mass is 412 g/mol. The molecule has 0 unspecified atom stereocenters. The maximum absolute atomic E-state index is 12.8. The van der Waals surface area contributed by atoms with Crippen LogP contribution in [-0.4, -0.2) is 10.8 Å². The smallest absolute Gasteiger partial charge is 0.322 e. The van der Waals surface area contributed by atoms with Gasteiger partial charge in [0.25, 0.3) is 11.6 Å². The number of hydrogen-bond donors (Lipinski definition) is 1. The van der Waals surface area contributed by atoms with Gasteiger partial charge in [-0.1, -0.05) is 11.6 Å². The average molecular weight is 413 g/mol. The van der Waals surface area contributed by atoms with E-state index in [1.54, 1.807) is 5.32 Å². The zero-order valence-corrected chi connectivity index (χ0v) is 13.5. The van der Waals surface area contributed by atoms with Gasteiger partial charge in [0, 0.05) is 16.8 Å². The van der Waals surface area contributed by atoms with Crippen molar-refractivity contribution >= 4 is 28.9 Å². The zero-order chi connectivity index (χ0) is 20.6. The number of hydrogen-bond acceptors (Lipinski definition) is 3. The van der Waals surface area contributed by atoms with E-state index in [9.17, 15) is 41.3 Å². The van der Waals surface area contributed by atoms with Gasteiger partial charge in [0.2, 0.25) is 0 Å². The minimum atomic E-state index is -5.11. The van der Waals surface area contributed by atoms with Crippen LogP contribution in [0.2, 0.25) is 5.02 Å². The average Bonchev–Trinajstić information content (AvgIpc) is 2.52. The normalized spacial score (nSPS) is 12.0. The molecule has 2 aromatic carbocycles. The fourth-order valence-electron chi connectivity index (χ4n) is 2.07. The Hall–Kier alpha value is -2.82. The van der Waals surface area contributed by atoms with Gasteiger partial charge in [0.05, 0.1) is 16.1 Å². The van der Waals surface area contributed by atoms with Gasteiger partial charge in [-0.05, 0) is 30.3 Å². The number of nitrogens with zero attached hydrogens (tertiary/aromatic N) is 1. The Kier molecular flexibility index (Phi) is 5.36. The standard InChI is InChI=1S/C15H7ClF6N2O3/c16-9-1-2-12(24(26)27)11(6-9)13(25)23-10-4-7(14(17,18)19)3-8(5-10)15(20,21)22/h1-6H,(H,23,25). The van der Waals surface area contributed by atoms with E-state index in [-0.39, 0.29) is 23.2 Å². The van der Waals surface area contributed by atoms with Crippen LogP contribution < -0.4 is 5.32 Å². The summed E-state index contributed by atoms with van der Waals surface area (Å²) in [5, 5.41) is 12.7. The van der Waals surface area contributed by atoms with Crippen LogP contribution in [-0.2, 0) is 12.4 Å². The molecule has 0 aliphatic carbocycles. The first-order valence-corrected chi connectivity index (χ1v) is 7.21. The molecule has 0 fully saturated rings. The molecule has 1 N–H and O–H groups in total. The van der Waals surface area contributed by atoms with E-state index in [4.69, 9.17) is 11.6 Å². The van der Waals surface area contributed by atoms with Crippen molar-refractivity contribution in [2.45, 2.75) is 12.4 Å². The first kappa shape index (κ1) is 20.5. The van der Waals surface area contributed by atoms with Crippen LogP contribution in [0.5, 0.6) is 0 Å². The lowest BCUT2D eigenvalue weighted by atomic mass is 10.1. The van der Waals surface area contributed by atoms with E-state index in [1.165, 1.54) is 0 Å². The second-order valence-corrected chi connectivity index (χ2v) is 5.60. The summed E-state index contributed by atoms with van der Waals surface area (Å²) in [4.78, 5) is 22.2. The van der Waals surface area contributed by atoms with Crippen LogP contribution in [0.4, 0.5) is 37.7 Å². The third-order valence-corrected chi connectivity index (χ3v) is 3.48. The highest BCUT2D eigenvalue weighted by atomic mass is 35.5. The van der Waals surface area contributed by atoms with Crippen molar-refractivity contribution < 1.29 is 36.1 Å². The number of halogens is 7. The third kappa shape index (κ3) is 4.88. The molecule has 0 aliphatic heterocycles. The molecule has 12 heteroatoms. The SMILES string of the molecule is O=C(Nc1cc(C(F)(F)F)cc(C(F)(F)F)c1)c1cc(Cl)ccc1[N+](=O)[O-]. The molecule has 0 spiro atoms. The van der Waals surface area contributed by atoms with Crippen molar-refractivity contribution in [2.24, 2.45) is 0 Å². The second-order valence-electron chi connectivity index (χ2n) is 5.17. The number of anilines is 1. The molecule has 1 amide bonds. The number of carbonyl (C=O) groups excluding carboxylic acids is 1. The molecule has 144 valence electrons. The molecule has 0 atom stereocenters. The first-order chi connectivity index (χ1) is 12.3. The van der Waals surface area contributed by atoms with Crippen LogP contribution in [0.25, 0.3) is 0 Å². The van der Waals surface area contributed by atoms with Crippen molar-refractivity contribution in [1.82, 2.24) is 0 Å². The molecule has 0 bridgehead atoms. The highest BCUT2D eigenvalue weighted by molar-refractivity contribution is 6.31. The van der Waals surface area contributed by atoms with Gasteiger partial charge < -0.3 is 5.32 Å². The minimum Gasteiger partial charge on any atom is -0.322 e. The van der Waals surface area contributed by atoms with E-state index in [1.807, 2.05) is 0 Å². The molecule has 0 saturated carbocycles. The Labute approximate surface area is 151 Å². The van der Waals surface area contributed by atoms with Crippen molar-refractivity contribution in [3.8, 4) is 0 Å². The van der Waals surface area contributed by atoms with E-state index < -0.39 is 51.2 Å². The predicted octanol–water partition coefficient (Wildman–Crippen LogP) is 5.54. The van der Waals surface area contributed by atoms with Crippen LogP contribution in [0.15, 0.2) is 36.4 Å². The predicted molar refractivity (Wildman–Crippen MR) is 82.5 cm³/mol. The van der Waals surface area contributed by atoms with E-state index in [0.717, 1.165) is 18.2 Å². The third-order valence-electron chi connectivity index (χ3n) is 3.25. The van der Waals surface area contributed by atoms with Gasteiger partial charge in [0.15, 0.2) is 0 Å². The number of alkyl halides is 6. The number of nitrogens with one attached hydrogen (secondary N) is 1. The maximum atomic E-state index is 12.8. The largest absolute Gasteiger partial charge is 0.416 e. The van der Waals surface area contributed by atoms with Gasteiger partial charge in [-0.2, -0.15) is 26.3 Å². The lowest BCUT2D eigenvalue weighted by Crippen LogP contribution is -2.17. The number of rotatable bonds is 3. The lowest BCUT2D eigenvalue weighted by Gasteiger charge is -2.15. The summed E-state index contributed by atoms with van der Waals surface area (Å²) in [6.07, 6.45) is -10.2. The Morgan fingerprint density at radius 2 is 1.48 bits per heavy atom. The highest BCUT2D eigenvalue weighted by Gasteiger charge is 2.37. The number of nitro groups is 1. The molecule has 5 nitrogen and oxygen atoms in total. The van der Waals surface area contributed by atoms with Crippen LogP contribution in [0.1, 0.15) is 21.5 Å². The number of nitro benzene ring substituents is 1. The number of benzene rings is 2. The van der Waals surface area contributed by atoms with Gasteiger partial charge >= 0.3 is 12.4 Å². The molecule has 2 rings (SSSR count). The Bertz CT molecular complexity index is 879. The summed E-state index contributed by atoms with van der Waals surface area (Å²) in [6.45, 7) is 0. The minimum absolute atomic E-state index is 0.0919. The van der Waals surface area contributed by atoms with Crippen molar-refractivity contribution in [1.29, 1.82) is 0 Å². The van der Waals surface area contributed by atoms with Gasteiger partial charge in [-0.25, -0.2) is 0 Å². The highest BCUT2D eigenvalue weighted by Crippen LogP contribution is 2.37. The van der Waals surface area contributed by atoms with Crippen LogP contribution >= 0.6 is 11.6 Å². The molecular formula is C15H7ClF6N2O3. The molecule has 2 aromatic rings. The molecule has 0 radical (unpaired) electrons. The summed E-state index contributed by atoms with van der Waals surface area (Å²) in [7, 11) is 0. The lowest BCUT2D eigenvalue weighted by molar-refractivity contribution is -0.385. The van der Waals surface area contributed by atoms with E-state index >= 15 is 0 Å². The fraction of sp³-hybridized carbons (Fsp3) is 0.133. The first-order valence-electron chi connectivity index (χ1n) is 6.84. The number of carbonyl (C=O) groups is 1. The molecule has 27 heavy (non-hydrogen) atoms. The zero-order valence-electron chi connectivity index (χ0n) is 12.8. The molecule has 0 aromatic heterocycles. The Morgan fingerprint density at radius 3 is 1.93 bits per heavy atom. The molecule has 0 aliphatic rings. The number of amides is 1. The summed E-state index contributed by atoms with van der Waals surface area (Å²) >= 11 is 5.64. The summed E-state index contributed by atoms with van der Waals surface area (Å²) in [5.41, 5.74) is -5.48. The quantitative estimate of drug-likeness (QED) is 0.409. The molecular weight excluding hydrogens is 406 g/mol. The fourth-order valence-corrected chi connectivity index (χ4v) is 2.25. The summed E-state index contributed by atoms with van der Waals surface area (Å²) in [6, 6.07) is 3.30. The van der Waals surface area contributed by atoms with Crippen LogP contribution in [0, 0.1) is 10.1 Å². The van der Waals surface area contributed by atoms with E-state index in [0.29, 0.717) is 0 Å². The second kappa shape index (κ2) is 7.06. The summed E-state index contributed by atoms with van der Waals surface area (Å²) in [5.74, 6) is -1.29. The van der Waals surface area contributed by atoms with Gasteiger partial charge in [-0.15, -0.1) is 0 Å². The van der Waals surface area contributed by atoms with Gasteiger partial charge in [-0.3, -0.25) is 14.9 Å². The topological polar surface area (TPSA) is 72.2 Å². The Balaban J connectivity index is 2.50. The van der Waals surface area contributed by atoms with Crippen LogP contribution in [0.3, 0.4) is 0 Å². The summed E-state index contributed by atoms with van der Waals surface area (Å²) < 4.78 is 77.0. The maximum Gasteiger partial charge on any atom is 0.416 e. The van der Waals surface area contributed by atoms with E-state index in [2.05, 4.69) is 0 Å². The molecule has 0 heterocycles. The van der Waals surface area contributed by atoms with Crippen molar-refractivity contribution in [2.75, 3.05) is 5.32 Å². The molecule has 0 saturated heterocycles.